The number of nitrogens with zero attached hydrogens (tertiary/aromatic N) is 4. The maximum atomic E-state index is 6.12. The van der Waals surface area contributed by atoms with Gasteiger partial charge < -0.3 is 0 Å². The predicted octanol–water partition coefficient (Wildman–Crippen LogP) is 3.27. The molecule has 0 spiro atoms. The van der Waals surface area contributed by atoms with Gasteiger partial charge in [-0.3, -0.25) is 0 Å². The van der Waals surface area contributed by atoms with Crippen LogP contribution in [0.4, 0.5) is 0 Å². The second kappa shape index (κ2) is 6.20. The van der Waals surface area contributed by atoms with Gasteiger partial charge in [-0.2, -0.15) is 0 Å². The van der Waals surface area contributed by atoms with Gasteiger partial charge in [0, 0.05) is 17.3 Å². The molecule has 4 nitrogen and oxygen atoms in total. The summed E-state index contributed by atoms with van der Waals surface area (Å²) in [4.78, 5) is 0. The summed E-state index contributed by atoms with van der Waals surface area (Å²) < 4.78 is 1.84. The van der Waals surface area contributed by atoms with Gasteiger partial charge in [-0.05, 0) is 28.0 Å². The molecule has 0 aliphatic rings. The molecule has 0 saturated heterocycles. The zero-order chi connectivity index (χ0) is 13.0. The van der Waals surface area contributed by atoms with Crippen molar-refractivity contribution in [3.63, 3.8) is 0 Å². The fourth-order valence-electron chi connectivity index (χ4n) is 1.52. The number of hydrogen-bond donors (Lipinski definition) is 0. The Bertz CT molecular complexity index is 512. The third kappa shape index (κ3) is 3.46. The first kappa shape index (κ1) is 13.4. The van der Waals surface area contributed by atoms with Gasteiger partial charge in [-0.15, -0.1) is 5.10 Å². The molecule has 0 fully saturated rings. The molecule has 2 aromatic rings. The molecular formula is C12H15ClN4S. The van der Waals surface area contributed by atoms with E-state index in [2.05, 4.69) is 29.4 Å². The molecule has 0 radical (unpaired) electrons. The van der Waals surface area contributed by atoms with Crippen molar-refractivity contribution in [1.29, 1.82) is 0 Å². The van der Waals surface area contributed by atoms with Gasteiger partial charge >= 0.3 is 0 Å². The van der Waals surface area contributed by atoms with Crippen LogP contribution in [-0.2, 0) is 12.3 Å². The van der Waals surface area contributed by atoms with Crippen molar-refractivity contribution in [3.8, 4) is 0 Å². The molecule has 0 bridgehead atoms. The normalized spacial score (nSPS) is 11.1. The minimum absolute atomic E-state index is 0.521. The number of tetrazole rings is 1. The molecule has 0 aliphatic heterocycles. The Kier molecular flexibility index (Phi) is 4.60. The lowest BCUT2D eigenvalue weighted by atomic mass is 10.2. The Hall–Kier alpha value is -1.07. The molecule has 6 heteroatoms. The molecule has 0 aliphatic carbocycles. The van der Waals surface area contributed by atoms with Crippen LogP contribution >= 0.6 is 23.4 Å². The van der Waals surface area contributed by atoms with E-state index in [0.717, 1.165) is 28.0 Å². The van der Waals surface area contributed by atoms with Crippen LogP contribution in [-0.4, -0.2) is 20.2 Å². The van der Waals surface area contributed by atoms with Crippen molar-refractivity contribution in [2.45, 2.75) is 31.3 Å². The molecule has 1 heterocycles. The number of rotatable bonds is 5. The molecule has 1 aromatic carbocycles. The summed E-state index contributed by atoms with van der Waals surface area (Å²) in [6, 6.07) is 7.83. The predicted molar refractivity (Wildman–Crippen MR) is 73.7 cm³/mol. The molecule has 96 valence electrons. The summed E-state index contributed by atoms with van der Waals surface area (Å²) >= 11 is 7.72. The summed E-state index contributed by atoms with van der Waals surface area (Å²) in [7, 11) is 0. The topological polar surface area (TPSA) is 43.6 Å². The lowest BCUT2D eigenvalue weighted by molar-refractivity contribution is 0.446. The van der Waals surface area contributed by atoms with Gasteiger partial charge in [-0.1, -0.05) is 55.4 Å². The maximum absolute atomic E-state index is 6.12. The van der Waals surface area contributed by atoms with Crippen molar-refractivity contribution < 1.29 is 0 Å². The summed E-state index contributed by atoms with van der Waals surface area (Å²) in [5, 5.41) is 13.4. The van der Waals surface area contributed by atoms with Crippen LogP contribution in [0.5, 0.6) is 0 Å². The first-order chi connectivity index (χ1) is 8.66. The molecule has 1 aromatic heterocycles. The lowest BCUT2D eigenvalue weighted by Crippen LogP contribution is -2.07. The molecule has 0 amide bonds. The molecule has 0 unspecified atom stereocenters. The monoisotopic (exact) mass is 282 g/mol. The molecule has 18 heavy (non-hydrogen) atoms. The van der Waals surface area contributed by atoms with E-state index in [-0.39, 0.29) is 0 Å². The molecule has 0 N–H and O–H groups in total. The van der Waals surface area contributed by atoms with Crippen LogP contribution in [0, 0.1) is 5.92 Å². The fourth-order valence-corrected chi connectivity index (χ4v) is 2.69. The summed E-state index contributed by atoms with van der Waals surface area (Å²) in [6.45, 7) is 5.12. The highest BCUT2D eigenvalue weighted by molar-refractivity contribution is 7.98. The molecular weight excluding hydrogens is 268 g/mol. The number of benzene rings is 1. The number of thioether (sulfide) groups is 1. The van der Waals surface area contributed by atoms with E-state index in [9.17, 15) is 0 Å². The average molecular weight is 283 g/mol. The van der Waals surface area contributed by atoms with Crippen LogP contribution in [0.15, 0.2) is 29.4 Å². The third-order valence-corrected chi connectivity index (χ3v) is 3.73. The van der Waals surface area contributed by atoms with E-state index in [4.69, 9.17) is 11.6 Å². The SMILES string of the molecule is CC(C)Cn1nnnc1SCc1ccccc1Cl. The highest BCUT2D eigenvalue weighted by atomic mass is 35.5. The number of hydrogen-bond acceptors (Lipinski definition) is 4. The van der Waals surface area contributed by atoms with Gasteiger partial charge in [-0.25, -0.2) is 4.68 Å². The lowest BCUT2D eigenvalue weighted by Gasteiger charge is -2.07. The molecule has 0 atom stereocenters. The molecule has 0 saturated carbocycles. The van der Waals surface area contributed by atoms with Crippen molar-refractivity contribution >= 4 is 23.4 Å². The van der Waals surface area contributed by atoms with E-state index in [0.29, 0.717) is 5.92 Å². The zero-order valence-corrected chi connectivity index (χ0v) is 11.9. The van der Waals surface area contributed by atoms with Gasteiger partial charge in [0.15, 0.2) is 0 Å². The van der Waals surface area contributed by atoms with Crippen LogP contribution in [0.2, 0.25) is 5.02 Å². The third-order valence-electron chi connectivity index (χ3n) is 2.35. The second-order valence-corrected chi connectivity index (χ2v) is 5.77. The number of aromatic nitrogens is 4. The van der Waals surface area contributed by atoms with Gasteiger partial charge in [0.2, 0.25) is 5.16 Å². The average Bonchev–Trinajstić information content (AvgIpc) is 2.75. The van der Waals surface area contributed by atoms with Crippen LogP contribution in [0.3, 0.4) is 0 Å². The number of halogens is 1. The first-order valence-electron chi connectivity index (χ1n) is 5.79. The Balaban J connectivity index is 2.02. The fraction of sp³-hybridized carbons (Fsp3) is 0.417. The van der Waals surface area contributed by atoms with Crippen molar-refractivity contribution in [2.75, 3.05) is 0 Å². The Labute approximate surface area is 116 Å². The van der Waals surface area contributed by atoms with Crippen molar-refractivity contribution in [3.05, 3.63) is 34.9 Å². The minimum Gasteiger partial charge on any atom is -0.220 e. The zero-order valence-electron chi connectivity index (χ0n) is 10.4. The van der Waals surface area contributed by atoms with E-state index < -0.39 is 0 Å². The highest BCUT2D eigenvalue weighted by Gasteiger charge is 2.09. The quantitative estimate of drug-likeness (QED) is 0.790. The van der Waals surface area contributed by atoms with Crippen molar-refractivity contribution in [2.24, 2.45) is 5.92 Å². The van der Waals surface area contributed by atoms with E-state index >= 15 is 0 Å². The van der Waals surface area contributed by atoms with E-state index in [1.165, 1.54) is 0 Å². The van der Waals surface area contributed by atoms with Gasteiger partial charge in [0.05, 0.1) is 0 Å². The smallest absolute Gasteiger partial charge is 0.209 e. The highest BCUT2D eigenvalue weighted by Crippen LogP contribution is 2.25. The maximum Gasteiger partial charge on any atom is 0.209 e. The standard InChI is InChI=1S/C12H15ClN4S/c1-9(2)7-17-12(14-15-16-17)18-8-10-5-3-4-6-11(10)13/h3-6,9H,7-8H2,1-2H3. The molecule has 2 rings (SSSR count). The largest absolute Gasteiger partial charge is 0.220 e. The summed E-state index contributed by atoms with van der Waals surface area (Å²) in [5.41, 5.74) is 1.10. The first-order valence-corrected chi connectivity index (χ1v) is 7.15. The van der Waals surface area contributed by atoms with Crippen molar-refractivity contribution in [1.82, 2.24) is 20.2 Å². The summed E-state index contributed by atoms with van der Waals surface area (Å²) in [6.07, 6.45) is 0. The van der Waals surface area contributed by atoms with Gasteiger partial charge in [0.1, 0.15) is 0 Å². The summed E-state index contributed by atoms with van der Waals surface area (Å²) in [5.74, 6) is 1.30. The Morgan fingerprint density at radius 3 is 2.83 bits per heavy atom. The van der Waals surface area contributed by atoms with E-state index in [1.54, 1.807) is 11.8 Å². The minimum atomic E-state index is 0.521. The second-order valence-electron chi connectivity index (χ2n) is 4.42. The van der Waals surface area contributed by atoms with Gasteiger partial charge in [0.25, 0.3) is 0 Å². The van der Waals surface area contributed by atoms with Crippen LogP contribution in [0.1, 0.15) is 19.4 Å². The Morgan fingerprint density at radius 1 is 1.33 bits per heavy atom. The van der Waals surface area contributed by atoms with E-state index in [1.807, 2.05) is 28.9 Å². The van der Waals surface area contributed by atoms with Crippen LogP contribution < -0.4 is 0 Å². The van der Waals surface area contributed by atoms with Crippen LogP contribution in [0.25, 0.3) is 0 Å². The Morgan fingerprint density at radius 2 is 2.11 bits per heavy atom.